The number of benzene rings is 2. The summed E-state index contributed by atoms with van der Waals surface area (Å²) >= 11 is 1.54. The van der Waals surface area contributed by atoms with Crippen LogP contribution in [0.25, 0.3) is 22.2 Å². The van der Waals surface area contributed by atoms with Gasteiger partial charge in [0, 0.05) is 34.3 Å². The van der Waals surface area contributed by atoms with Crippen molar-refractivity contribution in [3.8, 4) is 17.0 Å². The molecule has 118 valence electrons. The average Bonchev–Trinajstić information content (AvgIpc) is 3.27. The van der Waals surface area contributed by atoms with Gasteiger partial charge in [-0.3, -0.25) is 0 Å². The number of nitrogens with one attached hydrogen (secondary N) is 1. The smallest absolute Gasteiger partial charge is 0.209 e. The molecule has 24 heavy (non-hydrogen) atoms. The summed E-state index contributed by atoms with van der Waals surface area (Å²) < 4.78 is 5.15. The molecule has 0 unspecified atom stereocenters. The van der Waals surface area contributed by atoms with Gasteiger partial charge in [0.2, 0.25) is 5.13 Å². The summed E-state index contributed by atoms with van der Waals surface area (Å²) in [6.07, 6.45) is 3.81. The lowest BCUT2D eigenvalue weighted by molar-refractivity contribution is 0.415. The minimum Gasteiger partial charge on any atom is -0.497 e. The Hall–Kier alpha value is -2.92. The van der Waals surface area contributed by atoms with Gasteiger partial charge in [0.1, 0.15) is 5.75 Å². The first-order valence-corrected chi connectivity index (χ1v) is 8.41. The molecule has 0 atom stereocenters. The molecule has 0 bridgehead atoms. The molecular formula is C19H15N3OS. The Morgan fingerprint density at radius 2 is 1.96 bits per heavy atom. The quantitative estimate of drug-likeness (QED) is 0.531. The van der Waals surface area contributed by atoms with Crippen LogP contribution >= 0.6 is 11.3 Å². The first-order chi connectivity index (χ1) is 11.8. The second kappa shape index (κ2) is 6.29. The second-order valence-corrected chi connectivity index (χ2v) is 6.13. The monoisotopic (exact) mass is 333 g/mol. The van der Waals surface area contributed by atoms with Gasteiger partial charge >= 0.3 is 0 Å². The molecule has 4 aromatic rings. The third kappa shape index (κ3) is 2.81. The van der Waals surface area contributed by atoms with Gasteiger partial charge in [0.05, 0.1) is 12.8 Å². The Kier molecular flexibility index (Phi) is 3.84. The fourth-order valence-corrected chi connectivity index (χ4v) is 3.21. The Balaban J connectivity index is 1.59. The number of ether oxygens (including phenoxy) is 1. The Morgan fingerprint density at radius 3 is 2.79 bits per heavy atom. The number of fused-ring (bicyclic) bond motifs is 1. The highest BCUT2D eigenvalue weighted by atomic mass is 32.1. The minimum atomic E-state index is 0.742. The molecule has 0 amide bonds. The fourth-order valence-electron chi connectivity index (χ4n) is 2.55. The summed E-state index contributed by atoms with van der Waals surface area (Å²) in [6, 6.07) is 16.0. The first-order valence-electron chi connectivity index (χ1n) is 7.53. The predicted octanol–water partition coefficient (Wildman–Crippen LogP) is 5.05. The zero-order chi connectivity index (χ0) is 16.4. The Morgan fingerprint density at radius 1 is 1.12 bits per heavy atom. The van der Waals surface area contributed by atoms with E-state index in [2.05, 4.69) is 27.1 Å². The van der Waals surface area contributed by atoms with Gasteiger partial charge < -0.3 is 9.72 Å². The molecule has 5 heteroatoms. The van der Waals surface area contributed by atoms with Crippen LogP contribution in [0.1, 0.15) is 5.56 Å². The first kappa shape index (κ1) is 14.7. The maximum Gasteiger partial charge on any atom is 0.209 e. The third-order valence-corrected chi connectivity index (χ3v) is 4.55. The van der Waals surface area contributed by atoms with Crippen LogP contribution in [0.5, 0.6) is 5.75 Å². The van der Waals surface area contributed by atoms with Gasteiger partial charge in [0.25, 0.3) is 0 Å². The largest absolute Gasteiger partial charge is 0.497 e. The Labute approximate surface area is 143 Å². The molecule has 0 saturated heterocycles. The second-order valence-electron chi connectivity index (χ2n) is 5.29. The van der Waals surface area contributed by atoms with Gasteiger partial charge in [-0.1, -0.05) is 18.2 Å². The molecule has 0 saturated carbocycles. The lowest BCUT2D eigenvalue weighted by Gasteiger charge is -1.98. The Bertz CT molecular complexity index is 999. The molecule has 0 aliphatic rings. The highest BCUT2D eigenvalue weighted by Crippen LogP contribution is 2.31. The van der Waals surface area contributed by atoms with Crippen molar-refractivity contribution in [2.24, 2.45) is 4.99 Å². The highest BCUT2D eigenvalue weighted by molar-refractivity contribution is 7.13. The van der Waals surface area contributed by atoms with Crippen molar-refractivity contribution in [2.45, 2.75) is 0 Å². The lowest BCUT2D eigenvalue weighted by atomic mass is 10.1. The number of aromatic amines is 1. The van der Waals surface area contributed by atoms with E-state index in [1.54, 1.807) is 7.11 Å². The molecule has 1 N–H and O–H groups in total. The molecule has 0 aliphatic heterocycles. The van der Waals surface area contributed by atoms with Crippen LogP contribution in [0.4, 0.5) is 5.13 Å². The summed E-state index contributed by atoms with van der Waals surface area (Å²) in [5, 5.41) is 3.95. The molecule has 2 heterocycles. The number of H-pyrrole nitrogens is 1. The number of methoxy groups -OCH3 is 1. The van der Waals surface area contributed by atoms with E-state index in [1.807, 2.05) is 54.2 Å². The minimum absolute atomic E-state index is 0.742. The number of rotatable bonds is 4. The van der Waals surface area contributed by atoms with E-state index in [9.17, 15) is 0 Å². The van der Waals surface area contributed by atoms with Crippen LogP contribution < -0.4 is 4.74 Å². The van der Waals surface area contributed by atoms with E-state index in [0.29, 0.717) is 0 Å². The number of thiazole rings is 1. The van der Waals surface area contributed by atoms with Crippen molar-refractivity contribution < 1.29 is 4.74 Å². The van der Waals surface area contributed by atoms with E-state index in [1.165, 1.54) is 16.7 Å². The number of para-hydroxylation sites is 1. The van der Waals surface area contributed by atoms with Crippen LogP contribution in [-0.4, -0.2) is 23.3 Å². The zero-order valence-corrected chi connectivity index (χ0v) is 13.9. The molecule has 2 aromatic carbocycles. The average molecular weight is 333 g/mol. The number of hydrogen-bond acceptors (Lipinski definition) is 4. The van der Waals surface area contributed by atoms with E-state index in [4.69, 9.17) is 4.74 Å². The maximum absolute atomic E-state index is 5.15. The topological polar surface area (TPSA) is 50.3 Å². The molecule has 0 spiro atoms. The number of aromatic nitrogens is 2. The van der Waals surface area contributed by atoms with Crippen LogP contribution in [0, 0.1) is 0 Å². The van der Waals surface area contributed by atoms with Crippen molar-refractivity contribution in [3.05, 3.63) is 65.7 Å². The molecular weight excluding hydrogens is 318 g/mol. The van der Waals surface area contributed by atoms with E-state index >= 15 is 0 Å². The highest BCUT2D eigenvalue weighted by Gasteiger charge is 2.09. The number of aliphatic imine (C=N–C) groups is 1. The predicted molar refractivity (Wildman–Crippen MR) is 99.7 cm³/mol. The molecule has 2 aromatic heterocycles. The summed E-state index contributed by atoms with van der Waals surface area (Å²) in [7, 11) is 1.66. The molecule has 0 radical (unpaired) electrons. The van der Waals surface area contributed by atoms with Crippen LogP contribution in [-0.2, 0) is 0 Å². The molecule has 4 rings (SSSR count). The summed E-state index contributed by atoms with van der Waals surface area (Å²) in [4.78, 5) is 12.4. The molecule has 0 fully saturated rings. The van der Waals surface area contributed by atoms with Crippen LogP contribution in [0.15, 0.2) is 65.1 Å². The van der Waals surface area contributed by atoms with Crippen molar-refractivity contribution in [3.63, 3.8) is 0 Å². The van der Waals surface area contributed by atoms with Gasteiger partial charge in [-0.2, -0.15) is 0 Å². The number of hydrogen-bond donors (Lipinski definition) is 1. The maximum atomic E-state index is 5.15. The van der Waals surface area contributed by atoms with Crippen molar-refractivity contribution >= 4 is 33.6 Å². The van der Waals surface area contributed by atoms with Gasteiger partial charge in [-0.05, 0) is 35.9 Å². The van der Waals surface area contributed by atoms with Gasteiger partial charge in [0.15, 0.2) is 0 Å². The summed E-state index contributed by atoms with van der Waals surface area (Å²) in [5.74, 6) is 0.836. The van der Waals surface area contributed by atoms with E-state index < -0.39 is 0 Å². The van der Waals surface area contributed by atoms with Crippen molar-refractivity contribution in [2.75, 3.05) is 7.11 Å². The normalized spacial score (nSPS) is 11.4. The van der Waals surface area contributed by atoms with E-state index in [-0.39, 0.29) is 0 Å². The summed E-state index contributed by atoms with van der Waals surface area (Å²) in [6.45, 7) is 0. The molecule has 4 nitrogen and oxygen atoms in total. The van der Waals surface area contributed by atoms with E-state index in [0.717, 1.165) is 33.2 Å². The fraction of sp³-hybridized carbons (Fsp3) is 0.0526. The zero-order valence-electron chi connectivity index (χ0n) is 13.1. The summed E-state index contributed by atoms with van der Waals surface area (Å²) in [5.41, 5.74) is 4.18. The van der Waals surface area contributed by atoms with Crippen LogP contribution in [0.3, 0.4) is 0 Å². The van der Waals surface area contributed by atoms with Crippen molar-refractivity contribution in [1.29, 1.82) is 0 Å². The van der Waals surface area contributed by atoms with Crippen molar-refractivity contribution in [1.82, 2.24) is 9.97 Å². The lowest BCUT2D eigenvalue weighted by Crippen LogP contribution is -1.84. The van der Waals surface area contributed by atoms with Crippen LogP contribution in [0.2, 0.25) is 0 Å². The van der Waals surface area contributed by atoms with Gasteiger partial charge in [-0.15, -0.1) is 11.3 Å². The third-order valence-electron chi connectivity index (χ3n) is 3.80. The molecule has 0 aliphatic carbocycles. The SMILES string of the molecule is COc1ccc(/C=N/c2nc(-c3c[nH]c4ccccc34)cs2)cc1. The van der Waals surface area contributed by atoms with Gasteiger partial charge in [-0.25, -0.2) is 9.98 Å². The standard InChI is InChI=1S/C19H15N3OS/c1-23-14-8-6-13(7-9-14)10-21-19-22-18(12-24-19)16-11-20-17-5-3-2-4-15(16)17/h2-12,20H,1H3/b21-10+. The number of nitrogens with zero attached hydrogens (tertiary/aromatic N) is 2.